The largest absolute Gasteiger partial charge is 0.370 e. The van der Waals surface area contributed by atoms with Crippen LogP contribution in [0.4, 0.5) is 5.82 Å². The maximum Gasteiger partial charge on any atom is 0.138 e. The number of rotatable bonds is 4. The lowest BCUT2D eigenvalue weighted by Gasteiger charge is -2.09. The van der Waals surface area contributed by atoms with Gasteiger partial charge in [0.1, 0.15) is 11.5 Å². The van der Waals surface area contributed by atoms with E-state index in [4.69, 9.17) is 11.6 Å². The van der Waals surface area contributed by atoms with Gasteiger partial charge in [-0.25, -0.2) is 9.97 Å². The van der Waals surface area contributed by atoms with Crippen LogP contribution in [0.2, 0.25) is 5.02 Å². The zero-order chi connectivity index (χ0) is 14.8. The Morgan fingerprint density at radius 3 is 3.00 bits per heavy atom. The normalized spacial score (nSPS) is 11.2. The Bertz CT molecular complexity index is 764. The van der Waals surface area contributed by atoms with Gasteiger partial charge >= 0.3 is 0 Å². The average molecular weight is 301 g/mol. The summed E-state index contributed by atoms with van der Waals surface area (Å²) in [6.45, 7) is 5.24. The Hall–Kier alpha value is -2.07. The molecule has 3 heterocycles. The smallest absolute Gasteiger partial charge is 0.138 e. The van der Waals surface area contributed by atoms with E-state index in [1.807, 2.05) is 30.5 Å². The molecule has 0 atom stereocenters. The predicted octanol–water partition coefficient (Wildman–Crippen LogP) is 4.35. The molecule has 0 unspecified atom stereocenters. The fraction of sp³-hybridized carbons (Fsp3) is 0.250. The first kappa shape index (κ1) is 13.9. The van der Waals surface area contributed by atoms with Crippen molar-refractivity contribution in [2.24, 2.45) is 5.92 Å². The van der Waals surface area contributed by atoms with Gasteiger partial charge in [0, 0.05) is 29.9 Å². The number of fused-ring (bicyclic) bond motifs is 1. The van der Waals surface area contributed by atoms with Gasteiger partial charge in [-0.15, -0.1) is 0 Å². The van der Waals surface area contributed by atoms with E-state index in [9.17, 15) is 0 Å². The summed E-state index contributed by atoms with van der Waals surface area (Å²) in [5, 5.41) is 4.95. The molecule has 5 heteroatoms. The van der Waals surface area contributed by atoms with E-state index in [2.05, 4.69) is 34.1 Å². The predicted molar refractivity (Wildman–Crippen MR) is 87.7 cm³/mol. The summed E-state index contributed by atoms with van der Waals surface area (Å²) in [5.74, 6) is 1.46. The van der Waals surface area contributed by atoms with Crippen LogP contribution in [0.1, 0.15) is 13.8 Å². The molecule has 0 bridgehead atoms. The van der Waals surface area contributed by atoms with Crippen LogP contribution in [-0.2, 0) is 0 Å². The van der Waals surface area contributed by atoms with Crippen LogP contribution in [0.15, 0.2) is 36.7 Å². The number of anilines is 1. The van der Waals surface area contributed by atoms with E-state index in [-0.39, 0.29) is 0 Å². The van der Waals surface area contributed by atoms with Crippen LogP contribution in [0.3, 0.4) is 0 Å². The summed E-state index contributed by atoms with van der Waals surface area (Å²) in [7, 11) is 0. The van der Waals surface area contributed by atoms with Crippen molar-refractivity contribution in [1.82, 2.24) is 15.0 Å². The van der Waals surface area contributed by atoms with Gasteiger partial charge in [-0.1, -0.05) is 31.5 Å². The van der Waals surface area contributed by atoms with Gasteiger partial charge in [-0.3, -0.25) is 0 Å². The van der Waals surface area contributed by atoms with E-state index in [1.165, 1.54) is 0 Å². The van der Waals surface area contributed by atoms with E-state index in [0.29, 0.717) is 10.9 Å². The van der Waals surface area contributed by atoms with Crippen molar-refractivity contribution in [1.29, 1.82) is 0 Å². The maximum atomic E-state index is 6.04. The standard InChI is InChI=1S/C16H17ClN4/c1-10(2)7-18-15-5-3-4-14(21-15)13-9-20-16-12(13)6-11(17)8-19-16/h3-6,8-10H,7H2,1-2H3,(H,18,21)(H,19,20). The number of hydrogen-bond acceptors (Lipinski definition) is 3. The van der Waals surface area contributed by atoms with Gasteiger partial charge in [0.05, 0.1) is 10.7 Å². The summed E-state index contributed by atoms with van der Waals surface area (Å²) >= 11 is 6.04. The number of aromatic amines is 1. The molecule has 3 aromatic rings. The minimum absolute atomic E-state index is 0.576. The van der Waals surface area contributed by atoms with E-state index >= 15 is 0 Å². The molecule has 0 radical (unpaired) electrons. The van der Waals surface area contributed by atoms with Crippen molar-refractivity contribution >= 4 is 28.5 Å². The van der Waals surface area contributed by atoms with Crippen LogP contribution >= 0.6 is 11.6 Å². The number of hydrogen-bond donors (Lipinski definition) is 2. The molecular formula is C16H17ClN4. The third-order valence-electron chi connectivity index (χ3n) is 3.21. The second-order valence-corrected chi connectivity index (χ2v) is 5.87. The van der Waals surface area contributed by atoms with Crippen LogP contribution < -0.4 is 5.32 Å². The van der Waals surface area contributed by atoms with E-state index in [0.717, 1.165) is 34.7 Å². The number of halogens is 1. The topological polar surface area (TPSA) is 53.6 Å². The molecule has 3 rings (SSSR count). The molecule has 0 aromatic carbocycles. The molecule has 108 valence electrons. The first-order valence-electron chi connectivity index (χ1n) is 6.97. The highest BCUT2D eigenvalue weighted by Gasteiger charge is 2.09. The van der Waals surface area contributed by atoms with Crippen LogP contribution in [0, 0.1) is 5.92 Å². The van der Waals surface area contributed by atoms with Gasteiger partial charge in [0.25, 0.3) is 0 Å². The first-order valence-corrected chi connectivity index (χ1v) is 7.35. The Morgan fingerprint density at radius 2 is 2.19 bits per heavy atom. The molecule has 0 amide bonds. The summed E-state index contributed by atoms with van der Waals surface area (Å²) in [6.07, 6.45) is 3.56. The maximum absolute atomic E-state index is 6.04. The van der Waals surface area contributed by atoms with Gasteiger partial charge in [0.2, 0.25) is 0 Å². The van der Waals surface area contributed by atoms with Crippen molar-refractivity contribution in [3.63, 3.8) is 0 Å². The molecule has 21 heavy (non-hydrogen) atoms. The molecule has 4 nitrogen and oxygen atoms in total. The zero-order valence-electron chi connectivity index (χ0n) is 12.0. The minimum Gasteiger partial charge on any atom is -0.370 e. The lowest BCUT2D eigenvalue weighted by molar-refractivity contribution is 0.687. The molecule has 2 N–H and O–H groups in total. The Morgan fingerprint density at radius 1 is 1.33 bits per heavy atom. The lowest BCUT2D eigenvalue weighted by Crippen LogP contribution is -2.09. The van der Waals surface area contributed by atoms with E-state index in [1.54, 1.807) is 6.20 Å². The van der Waals surface area contributed by atoms with Gasteiger partial charge < -0.3 is 10.3 Å². The first-order chi connectivity index (χ1) is 10.1. The highest BCUT2D eigenvalue weighted by Crippen LogP contribution is 2.28. The Kier molecular flexibility index (Phi) is 3.80. The summed E-state index contributed by atoms with van der Waals surface area (Å²) < 4.78 is 0. The van der Waals surface area contributed by atoms with Crippen molar-refractivity contribution in [2.75, 3.05) is 11.9 Å². The molecular weight excluding hydrogens is 284 g/mol. The van der Waals surface area contributed by atoms with Crippen LogP contribution in [-0.4, -0.2) is 21.5 Å². The second kappa shape index (κ2) is 5.74. The molecule has 0 aliphatic rings. The number of nitrogens with one attached hydrogen (secondary N) is 2. The van der Waals surface area contributed by atoms with Crippen molar-refractivity contribution in [3.8, 4) is 11.3 Å². The molecule has 0 aliphatic carbocycles. The number of pyridine rings is 2. The molecule has 0 saturated heterocycles. The summed E-state index contributed by atoms with van der Waals surface area (Å²) in [5.41, 5.74) is 2.73. The summed E-state index contributed by atoms with van der Waals surface area (Å²) in [4.78, 5) is 12.1. The number of H-pyrrole nitrogens is 1. The fourth-order valence-electron chi connectivity index (χ4n) is 2.18. The van der Waals surface area contributed by atoms with Crippen molar-refractivity contribution in [2.45, 2.75) is 13.8 Å². The molecule has 0 saturated carbocycles. The highest BCUT2D eigenvalue weighted by molar-refractivity contribution is 6.31. The number of nitrogens with zero attached hydrogens (tertiary/aromatic N) is 2. The minimum atomic E-state index is 0.576. The molecule has 0 spiro atoms. The van der Waals surface area contributed by atoms with Gasteiger partial charge in [-0.05, 0) is 24.1 Å². The highest BCUT2D eigenvalue weighted by atomic mass is 35.5. The van der Waals surface area contributed by atoms with Crippen LogP contribution in [0.5, 0.6) is 0 Å². The third kappa shape index (κ3) is 3.00. The quantitative estimate of drug-likeness (QED) is 0.753. The van der Waals surface area contributed by atoms with Gasteiger partial charge in [-0.2, -0.15) is 0 Å². The average Bonchev–Trinajstić information content (AvgIpc) is 2.88. The van der Waals surface area contributed by atoms with Crippen LogP contribution in [0.25, 0.3) is 22.3 Å². The SMILES string of the molecule is CC(C)CNc1cccc(-c2c[nH]c3ncc(Cl)cc23)n1. The Balaban J connectivity index is 1.98. The molecule has 0 aliphatic heterocycles. The van der Waals surface area contributed by atoms with Crippen molar-refractivity contribution in [3.05, 3.63) is 41.7 Å². The number of aromatic nitrogens is 3. The fourth-order valence-corrected chi connectivity index (χ4v) is 2.34. The zero-order valence-corrected chi connectivity index (χ0v) is 12.8. The van der Waals surface area contributed by atoms with Gasteiger partial charge in [0.15, 0.2) is 0 Å². The molecule has 3 aromatic heterocycles. The van der Waals surface area contributed by atoms with E-state index < -0.39 is 0 Å². The van der Waals surface area contributed by atoms with Crippen molar-refractivity contribution < 1.29 is 0 Å². The molecule has 0 fully saturated rings. The summed E-state index contributed by atoms with van der Waals surface area (Å²) in [6, 6.07) is 7.88. The third-order valence-corrected chi connectivity index (χ3v) is 3.42. The Labute approximate surface area is 128 Å². The second-order valence-electron chi connectivity index (χ2n) is 5.43. The lowest BCUT2D eigenvalue weighted by atomic mass is 10.1. The monoisotopic (exact) mass is 300 g/mol.